The number of hydrogen-bond donors (Lipinski definition) is 0. The molecule has 4 heterocycles. The van der Waals surface area contributed by atoms with Gasteiger partial charge in [0.05, 0.1) is 12.9 Å². The molecular formula is C36H48N8O4S. The summed E-state index contributed by atoms with van der Waals surface area (Å²) in [6.45, 7) is 20.5. The number of likely N-dealkylation sites (N-methyl/N-ethyl adjacent to an activating group) is 1. The van der Waals surface area contributed by atoms with E-state index in [0.29, 0.717) is 42.7 Å². The predicted molar refractivity (Wildman–Crippen MR) is 193 cm³/mol. The smallest absolute Gasteiger partial charge is 0.410 e. The molecule has 0 aromatic carbocycles. The van der Waals surface area contributed by atoms with Crippen LogP contribution in [-0.4, -0.2) is 114 Å². The average molecular weight is 689 g/mol. The zero-order chi connectivity index (χ0) is 35.5. The average Bonchev–Trinajstić information content (AvgIpc) is 3.65. The summed E-state index contributed by atoms with van der Waals surface area (Å²) in [5, 5.41) is 0.672. The van der Waals surface area contributed by atoms with Gasteiger partial charge < -0.3 is 24.2 Å². The number of amides is 1. The molecule has 2 saturated heterocycles. The third-order valence-corrected chi connectivity index (χ3v) is 10.3. The van der Waals surface area contributed by atoms with Crippen LogP contribution in [-0.2, 0) is 16.6 Å². The molecule has 0 spiro atoms. The van der Waals surface area contributed by atoms with E-state index in [4.69, 9.17) is 21.0 Å². The lowest BCUT2D eigenvalue weighted by Gasteiger charge is -2.36. The number of carbonyl (C=O) groups is 2. The molecule has 0 bridgehead atoms. The van der Waals surface area contributed by atoms with Crippen LogP contribution in [0.1, 0.15) is 81.2 Å². The number of fused-ring (bicyclic) bond motifs is 1. The maximum atomic E-state index is 13.8. The van der Waals surface area contributed by atoms with Crippen LogP contribution in [0.5, 0.6) is 6.01 Å². The third kappa shape index (κ3) is 8.52. The highest BCUT2D eigenvalue weighted by molar-refractivity contribution is 7.16. The SMILES string of the molecule is [C-]#[N+]c1c(N=CN(C)C)sc2c1[C@@](C)(C#CC(=O)c1cc(N3CCN(C(=O)OC(C)(C)C)CC3)nc(O[C@@H](C)[C@@H]3CCCN3C)n1)CCC2. The minimum absolute atomic E-state index is 0.132. The number of aromatic nitrogens is 2. The largest absolute Gasteiger partial charge is 0.459 e. The highest BCUT2D eigenvalue weighted by atomic mass is 32.1. The molecule has 5 rings (SSSR count). The third-order valence-electron chi connectivity index (χ3n) is 9.13. The molecule has 3 aliphatic rings. The summed E-state index contributed by atoms with van der Waals surface area (Å²) in [5.74, 6) is 6.29. The quantitative estimate of drug-likeness (QED) is 0.0903. The zero-order valence-electron chi connectivity index (χ0n) is 30.0. The number of ketones is 1. The summed E-state index contributed by atoms with van der Waals surface area (Å²) in [5.41, 5.74) is 0.293. The monoisotopic (exact) mass is 688 g/mol. The Hall–Kier alpha value is -4.20. The van der Waals surface area contributed by atoms with Gasteiger partial charge in [0.2, 0.25) is 5.69 Å². The van der Waals surface area contributed by atoms with Crippen LogP contribution in [0.4, 0.5) is 21.3 Å². The summed E-state index contributed by atoms with van der Waals surface area (Å²) < 4.78 is 11.9. The number of hydrogen-bond acceptors (Lipinski definition) is 10. The molecule has 1 aliphatic carbocycles. The first kappa shape index (κ1) is 36.1. The van der Waals surface area contributed by atoms with Gasteiger partial charge in [-0.05, 0) is 96.7 Å². The number of aryl methyl sites for hydroxylation is 1. The molecule has 2 aromatic rings. The highest BCUT2D eigenvalue weighted by Crippen LogP contribution is 2.52. The number of ether oxygens (including phenoxy) is 2. The van der Waals surface area contributed by atoms with E-state index in [1.54, 1.807) is 17.3 Å². The van der Waals surface area contributed by atoms with Gasteiger partial charge in [0.15, 0.2) is 0 Å². The van der Waals surface area contributed by atoms with Crippen LogP contribution in [0.15, 0.2) is 11.1 Å². The molecule has 0 N–H and O–H groups in total. The van der Waals surface area contributed by atoms with E-state index in [1.807, 2.05) is 58.5 Å². The highest BCUT2D eigenvalue weighted by Gasteiger charge is 2.37. The zero-order valence-corrected chi connectivity index (χ0v) is 30.8. The summed E-state index contributed by atoms with van der Waals surface area (Å²) >= 11 is 1.53. The van der Waals surface area contributed by atoms with Crippen LogP contribution in [0.3, 0.4) is 0 Å². The van der Waals surface area contributed by atoms with Crippen molar-refractivity contribution in [3.8, 4) is 17.9 Å². The molecule has 262 valence electrons. The topological polar surface area (TPSA) is 108 Å². The van der Waals surface area contributed by atoms with Crippen molar-refractivity contribution < 1.29 is 19.1 Å². The van der Waals surface area contributed by atoms with Crippen LogP contribution in [0, 0.1) is 18.4 Å². The van der Waals surface area contributed by atoms with Crippen LogP contribution in [0.25, 0.3) is 4.85 Å². The van der Waals surface area contributed by atoms with Crippen molar-refractivity contribution in [1.29, 1.82) is 0 Å². The first-order chi connectivity index (χ1) is 23.2. The summed E-state index contributed by atoms with van der Waals surface area (Å²) in [6, 6.07) is 2.02. The van der Waals surface area contributed by atoms with Gasteiger partial charge in [-0.15, -0.1) is 11.3 Å². The van der Waals surface area contributed by atoms with Crippen LogP contribution >= 0.6 is 11.3 Å². The second-order valence-electron chi connectivity index (χ2n) is 14.5. The van der Waals surface area contributed by atoms with Crippen molar-refractivity contribution in [3.05, 3.63) is 33.6 Å². The minimum atomic E-state index is -0.680. The lowest BCUT2D eigenvalue weighted by molar-refractivity contribution is 0.0240. The van der Waals surface area contributed by atoms with Gasteiger partial charge in [0.1, 0.15) is 28.2 Å². The van der Waals surface area contributed by atoms with E-state index in [1.165, 1.54) is 11.3 Å². The first-order valence-corrected chi connectivity index (χ1v) is 17.8. The molecular weight excluding hydrogens is 641 g/mol. The van der Waals surface area contributed by atoms with Crippen molar-refractivity contribution in [1.82, 2.24) is 24.7 Å². The number of Topliss-reactive ketones (excluding diaryl/α,β-unsaturated/α-hetero) is 1. The van der Waals surface area contributed by atoms with E-state index >= 15 is 0 Å². The fourth-order valence-electron chi connectivity index (χ4n) is 6.63. The fraction of sp³-hybridized carbons (Fsp3) is 0.611. The Bertz CT molecular complexity index is 1690. The molecule has 2 aliphatic heterocycles. The summed E-state index contributed by atoms with van der Waals surface area (Å²) in [4.78, 5) is 53.2. The molecule has 12 nitrogen and oxygen atoms in total. The number of anilines is 1. The van der Waals surface area contributed by atoms with Crippen molar-refractivity contribution in [2.45, 2.75) is 89.9 Å². The van der Waals surface area contributed by atoms with Crippen molar-refractivity contribution >= 4 is 46.1 Å². The molecule has 2 fully saturated rings. The molecule has 0 saturated carbocycles. The number of aliphatic imine (C=N–C) groups is 1. The lowest BCUT2D eigenvalue weighted by atomic mass is 9.74. The van der Waals surface area contributed by atoms with Gasteiger partial charge in [-0.25, -0.2) is 14.6 Å². The van der Waals surface area contributed by atoms with Gasteiger partial charge in [-0.2, -0.15) is 9.97 Å². The Balaban J connectivity index is 1.43. The lowest BCUT2D eigenvalue weighted by Crippen LogP contribution is -2.50. The summed E-state index contributed by atoms with van der Waals surface area (Å²) in [6.07, 6.45) is 5.77. The standard InChI is InChI=1S/C36H48N8O4S/c1-24(26-12-11-17-42(26)9)47-33-39-25(22-29(40-33)43-18-20-44(21-19-43)34(46)48-35(2,3)4)27(45)14-16-36(5)15-10-13-28-30(36)31(37-6)32(49-28)38-23-41(7)8/h22-24,26H,10-13,15,17-21H2,1-5,7-9H3/t24-,26-,36+/m0/s1. The minimum Gasteiger partial charge on any atom is -0.459 e. The predicted octanol–water partition coefficient (Wildman–Crippen LogP) is 5.71. The van der Waals surface area contributed by atoms with Crippen molar-refractivity contribution in [3.63, 3.8) is 0 Å². The Morgan fingerprint density at radius 1 is 1.20 bits per heavy atom. The molecule has 2 aromatic heterocycles. The number of carbonyl (C=O) groups excluding carboxylic acids is 2. The Kier molecular flexibility index (Phi) is 10.9. The van der Waals surface area contributed by atoms with Gasteiger partial charge in [-0.1, -0.05) is 5.92 Å². The number of rotatable bonds is 7. The molecule has 1 amide bonds. The maximum absolute atomic E-state index is 13.8. The van der Waals surface area contributed by atoms with Gasteiger partial charge in [0.25, 0.3) is 5.78 Å². The second-order valence-corrected chi connectivity index (χ2v) is 15.6. The van der Waals surface area contributed by atoms with Gasteiger partial charge in [0, 0.05) is 57.8 Å². The maximum Gasteiger partial charge on any atom is 0.410 e. The van der Waals surface area contributed by atoms with E-state index in [0.717, 1.165) is 49.1 Å². The Morgan fingerprint density at radius 3 is 2.57 bits per heavy atom. The second kappa shape index (κ2) is 14.7. The van der Waals surface area contributed by atoms with E-state index < -0.39 is 16.8 Å². The van der Waals surface area contributed by atoms with E-state index in [-0.39, 0.29) is 29.9 Å². The van der Waals surface area contributed by atoms with Gasteiger partial charge >= 0.3 is 12.1 Å². The normalized spacial score (nSPS) is 21.8. The summed E-state index contributed by atoms with van der Waals surface area (Å²) in [7, 11) is 5.87. The number of nitrogens with zero attached hydrogens (tertiary/aromatic N) is 8. The molecule has 49 heavy (non-hydrogen) atoms. The van der Waals surface area contributed by atoms with Crippen LogP contribution < -0.4 is 9.64 Å². The molecule has 3 atom stereocenters. The van der Waals surface area contributed by atoms with E-state index in [2.05, 4.69) is 38.6 Å². The van der Waals surface area contributed by atoms with Crippen molar-refractivity contribution in [2.24, 2.45) is 4.99 Å². The van der Waals surface area contributed by atoms with Gasteiger partial charge in [-0.3, -0.25) is 9.69 Å². The van der Waals surface area contributed by atoms with Crippen LogP contribution in [0.2, 0.25) is 0 Å². The van der Waals surface area contributed by atoms with Crippen molar-refractivity contribution in [2.75, 3.05) is 58.8 Å². The Labute approximate surface area is 294 Å². The Morgan fingerprint density at radius 2 is 1.94 bits per heavy atom. The number of thiophene rings is 1. The number of likely N-dealkylation sites (tertiary alicyclic amines) is 1. The molecule has 13 heteroatoms. The first-order valence-electron chi connectivity index (χ1n) is 17.0. The molecule has 0 unspecified atom stereocenters. The molecule has 0 radical (unpaired) electrons. The number of piperazine rings is 1. The van der Waals surface area contributed by atoms with E-state index in [9.17, 15) is 9.59 Å². The fourth-order valence-corrected chi connectivity index (χ4v) is 7.88.